The molecule has 2 atom stereocenters. The average molecular weight is 307 g/mol. The fourth-order valence-corrected chi connectivity index (χ4v) is 3.44. The molecule has 22 heavy (non-hydrogen) atoms. The van der Waals surface area contributed by atoms with E-state index >= 15 is 0 Å². The van der Waals surface area contributed by atoms with Crippen LogP contribution in [-0.2, 0) is 23.9 Å². The van der Waals surface area contributed by atoms with Crippen LogP contribution in [0.15, 0.2) is 12.2 Å². The van der Waals surface area contributed by atoms with E-state index in [9.17, 15) is 14.4 Å². The molecule has 3 rings (SSSR count). The van der Waals surface area contributed by atoms with Crippen molar-refractivity contribution in [3.8, 4) is 0 Å². The molecule has 1 aliphatic carbocycles. The Bertz CT molecular complexity index is 521. The van der Waals surface area contributed by atoms with Crippen molar-refractivity contribution >= 4 is 17.8 Å². The maximum Gasteiger partial charge on any atom is 0.333 e. The van der Waals surface area contributed by atoms with Crippen LogP contribution in [-0.4, -0.2) is 48.0 Å². The van der Waals surface area contributed by atoms with Crippen LogP contribution in [0.4, 0.5) is 0 Å². The van der Waals surface area contributed by atoms with E-state index in [2.05, 4.69) is 6.58 Å². The number of esters is 1. The maximum atomic E-state index is 12.5. The topological polar surface area (TPSA) is 72.9 Å². The highest BCUT2D eigenvalue weighted by molar-refractivity contribution is 6.03. The van der Waals surface area contributed by atoms with Gasteiger partial charge >= 0.3 is 5.97 Å². The number of fused-ring (bicyclic) bond motifs is 1. The summed E-state index contributed by atoms with van der Waals surface area (Å²) in [4.78, 5) is 37.4. The molecule has 1 saturated carbocycles. The molecule has 0 aromatic heterocycles. The average Bonchev–Trinajstić information content (AvgIpc) is 2.91. The molecule has 2 heterocycles. The van der Waals surface area contributed by atoms with E-state index in [0.717, 1.165) is 0 Å². The fraction of sp³-hybridized carbons (Fsp3) is 0.688. The van der Waals surface area contributed by atoms with Gasteiger partial charge in [0.25, 0.3) is 0 Å². The highest BCUT2D eigenvalue weighted by atomic mass is 16.5. The molecule has 0 N–H and O–H groups in total. The summed E-state index contributed by atoms with van der Waals surface area (Å²) in [7, 11) is 0. The Kier molecular flexibility index (Phi) is 4.04. The van der Waals surface area contributed by atoms with Crippen molar-refractivity contribution in [3.05, 3.63) is 12.2 Å². The highest BCUT2D eigenvalue weighted by Gasteiger charge is 2.54. The van der Waals surface area contributed by atoms with Crippen molar-refractivity contribution < 1.29 is 23.9 Å². The minimum atomic E-state index is -0.376. The predicted octanol–water partition coefficient (Wildman–Crippen LogP) is 1.05. The van der Waals surface area contributed by atoms with Crippen molar-refractivity contribution in [2.75, 3.05) is 13.2 Å². The van der Waals surface area contributed by atoms with Crippen LogP contribution in [0.3, 0.4) is 0 Å². The van der Waals surface area contributed by atoms with Crippen LogP contribution in [0, 0.1) is 11.8 Å². The number of ether oxygens (including phenoxy) is 2. The Morgan fingerprint density at radius 3 is 2.55 bits per heavy atom. The molecule has 0 aromatic carbocycles. The second-order valence-corrected chi connectivity index (χ2v) is 6.42. The lowest BCUT2D eigenvalue weighted by Crippen LogP contribution is -2.64. The number of imide groups is 1. The Morgan fingerprint density at radius 2 is 1.91 bits per heavy atom. The Balaban J connectivity index is 1.51. The van der Waals surface area contributed by atoms with Crippen LogP contribution in [0.1, 0.15) is 32.6 Å². The van der Waals surface area contributed by atoms with Gasteiger partial charge in [0.05, 0.1) is 25.2 Å². The molecule has 6 heteroatoms. The number of nitrogens with zero attached hydrogens (tertiary/aromatic N) is 1. The lowest BCUT2D eigenvalue weighted by Gasteiger charge is -2.42. The minimum Gasteiger partial charge on any atom is -0.459 e. The number of carbonyl (C=O) groups is 3. The summed E-state index contributed by atoms with van der Waals surface area (Å²) in [6.45, 7) is 6.09. The molecular weight excluding hydrogens is 286 g/mol. The number of amides is 2. The summed E-state index contributed by atoms with van der Waals surface area (Å²) in [6.07, 6.45) is 2.46. The van der Waals surface area contributed by atoms with Gasteiger partial charge in [-0.2, -0.15) is 0 Å². The first-order chi connectivity index (χ1) is 10.5. The van der Waals surface area contributed by atoms with Gasteiger partial charge in [0.1, 0.15) is 6.10 Å². The van der Waals surface area contributed by atoms with Gasteiger partial charge in [-0.1, -0.05) is 6.58 Å². The first-order valence-corrected chi connectivity index (χ1v) is 7.80. The lowest BCUT2D eigenvalue weighted by atomic mass is 9.83. The molecule has 0 spiro atoms. The van der Waals surface area contributed by atoms with Crippen LogP contribution < -0.4 is 0 Å². The number of β-lactam (4-membered cyclic amide) rings is 1. The third-order valence-electron chi connectivity index (χ3n) is 4.82. The maximum absolute atomic E-state index is 12.5. The van der Waals surface area contributed by atoms with E-state index < -0.39 is 0 Å². The van der Waals surface area contributed by atoms with Gasteiger partial charge in [0.15, 0.2) is 0 Å². The van der Waals surface area contributed by atoms with Gasteiger partial charge in [-0.3, -0.25) is 14.5 Å². The molecular formula is C16H21NO5. The molecule has 2 saturated heterocycles. The first kappa shape index (κ1) is 15.2. The SMILES string of the molecule is C=C(C)C(=O)OC1CCC(C(=O)N2C(=O)C3COCC32)CC1. The predicted molar refractivity (Wildman–Crippen MR) is 76.6 cm³/mol. The Labute approximate surface area is 129 Å². The molecule has 0 aromatic rings. The zero-order valence-electron chi connectivity index (χ0n) is 12.7. The van der Waals surface area contributed by atoms with Crippen molar-refractivity contribution in [3.63, 3.8) is 0 Å². The monoisotopic (exact) mass is 307 g/mol. The van der Waals surface area contributed by atoms with Gasteiger partial charge in [0, 0.05) is 11.5 Å². The summed E-state index contributed by atoms with van der Waals surface area (Å²) in [5, 5.41) is 0. The zero-order chi connectivity index (χ0) is 15.9. The molecule has 0 bridgehead atoms. The fourth-order valence-electron chi connectivity index (χ4n) is 3.44. The van der Waals surface area contributed by atoms with Gasteiger partial charge < -0.3 is 9.47 Å². The van der Waals surface area contributed by atoms with E-state index in [1.54, 1.807) is 6.92 Å². The van der Waals surface area contributed by atoms with Crippen molar-refractivity contribution in [2.45, 2.75) is 44.8 Å². The van der Waals surface area contributed by atoms with Crippen LogP contribution in [0.2, 0.25) is 0 Å². The number of carbonyl (C=O) groups excluding carboxylic acids is 3. The number of hydrogen-bond donors (Lipinski definition) is 0. The number of likely N-dealkylation sites (tertiary alicyclic amines) is 1. The van der Waals surface area contributed by atoms with Crippen molar-refractivity contribution in [1.82, 2.24) is 4.90 Å². The Hall–Kier alpha value is -1.69. The quantitative estimate of drug-likeness (QED) is 0.337. The lowest BCUT2D eigenvalue weighted by molar-refractivity contribution is -0.166. The van der Waals surface area contributed by atoms with Crippen LogP contribution in [0.5, 0.6) is 0 Å². The highest BCUT2D eigenvalue weighted by Crippen LogP contribution is 2.36. The van der Waals surface area contributed by atoms with E-state index in [1.807, 2.05) is 0 Å². The molecule has 2 aliphatic heterocycles. The van der Waals surface area contributed by atoms with E-state index in [1.165, 1.54) is 4.90 Å². The molecule has 3 aliphatic rings. The van der Waals surface area contributed by atoms with Gasteiger partial charge in [-0.05, 0) is 32.6 Å². The van der Waals surface area contributed by atoms with Gasteiger partial charge in [0.2, 0.25) is 11.8 Å². The largest absolute Gasteiger partial charge is 0.459 e. The second kappa shape index (κ2) is 5.83. The standard InChI is InChI=1S/C16H21NO5/c1-9(2)16(20)22-11-5-3-10(4-6-11)14(18)17-13-8-21-7-12(13)15(17)19/h10-13H,1,3-8H2,2H3. The smallest absolute Gasteiger partial charge is 0.333 e. The van der Waals surface area contributed by atoms with E-state index in [-0.39, 0.29) is 41.8 Å². The van der Waals surface area contributed by atoms with Crippen molar-refractivity contribution in [2.24, 2.45) is 11.8 Å². The molecule has 2 amide bonds. The van der Waals surface area contributed by atoms with E-state index in [4.69, 9.17) is 9.47 Å². The first-order valence-electron chi connectivity index (χ1n) is 7.80. The van der Waals surface area contributed by atoms with Gasteiger partial charge in [-0.25, -0.2) is 4.79 Å². The second-order valence-electron chi connectivity index (χ2n) is 6.42. The summed E-state index contributed by atoms with van der Waals surface area (Å²) in [5.74, 6) is -0.814. The van der Waals surface area contributed by atoms with Crippen LogP contribution in [0.25, 0.3) is 0 Å². The van der Waals surface area contributed by atoms with E-state index in [0.29, 0.717) is 44.5 Å². The summed E-state index contributed by atoms with van der Waals surface area (Å²) in [5.41, 5.74) is 0.386. The molecule has 0 radical (unpaired) electrons. The zero-order valence-corrected chi connectivity index (χ0v) is 12.7. The van der Waals surface area contributed by atoms with Crippen LogP contribution >= 0.6 is 0 Å². The molecule has 2 unspecified atom stereocenters. The number of rotatable bonds is 3. The third kappa shape index (κ3) is 2.56. The van der Waals surface area contributed by atoms with Gasteiger partial charge in [-0.15, -0.1) is 0 Å². The third-order valence-corrected chi connectivity index (χ3v) is 4.82. The summed E-state index contributed by atoms with van der Waals surface area (Å²) < 4.78 is 10.6. The molecule has 120 valence electrons. The molecule has 3 fully saturated rings. The van der Waals surface area contributed by atoms with Crippen molar-refractivity contribution in [1.29, 1.82) is 0 Å². The summed E-state index contributed by atoms with van der Waals surface area (Å²) >= 11 is 0. The normalized spacial score (nSPS) is 33.9. The Morgan fingerprint density at radius 1 is 1.23 bits per heavy atom. The molecule has 6 nitrogen and oxygen atoms in total. The minimum absolute atomic E-state index is 0.0565. The number of hydrogen-bond acceptors (Lipinski definition) is 5. The summed E-state index contributed by atoms with van der Waals surface area (Å²) in [6, 6.07) is -0.0565.